The van der Waals surface area contributed by atoms with Crippen LogP contribution in [0.2, 0.25) is 0 Å². The fraction of sp³-hybridized carbons (Fsp3) is 0.583. The number of rotatable bonds is 10. The monoisotopic (exact) mass is 480 g/mol. The van der Waals surface area contributed by atoms with E-state index in [2.05, 4.69) is 0 Å². The van der Waals surface area contributed by atoms with E-state index in [4.69, 9.17) is 28.4 Å². The van der Waals surface area contributed by atoms with Gasteiger partial charge in [-0.15, -0.1) is 0 Å². The standard InChI is InChI=1S/C24H32O10/c1-14(11-12-19-9-7-6-8-10-19)30-24-23(33-18(5)28)22(32-17(4)27)21(31-16(3)26)20(34-24)13-29-15(2)25/h6-10,14,20-24H,11-13H2,1-5H3/t14?,20-,21-,22+,23-,24-/m1/s1. The van der Waals surface area contributed by atoms with E-state index in [9.17, 15) is 19.2 Å². The summed E-state index contributed by atoms with van der Waals surface area (Å²) in [5.41, 5.74) is 1.12. The molecule has 6 atom stereocenters. The second-order valence-corrected chi connectivity index (χ2v) is 8.04. The van der Waals surface area contributed by atoms with Gasteiger partial charge in [-0.2, -0.15) is 0 Å². The molecule has 0 aromatic heterocycles. The first kappa shape index (κ1) is 27.3. The highest BCUT2D eigenvalue weighted by molar-refractivity contribution is 5.68. The Bertz CT molecular complexity index is 839. The van der Waals surface area contributed by atoms with Gasteiger partial charge in [0.2, 0.25) is 0 Å². The quantitative estimate of drug-likeness (QED) is 0.363. The molecule has 34 heavy (non-hydrogen) atoms. The van der Waals surface area contributed by atoms with Crippen LogP contribution in [-0.4, -0.2) is 67.3 Å². The van der Waals surface area contributed by atoms with Crippen molar-refractivity contribution in [2.75, 3.05) is 6.61 Å². The Morgan fingerprint density at radius 1 is 0.824 bits per heavy atom. The first-order chi connectivity index (χ1) is 16.1. The number of ether oxygens (including phenoxy) is 6. The largest absolute Gasteiger partial charge is 0.463 e. The molecule has 1 aliphatic heterocycles. The Kier molecular flexibility index (Phi) is 10.5. The topological polar surface area (TPSA) is 124 Å². The molecule has 10 nitrogen and oxygen atoms in total. The van der Waals surface area contributed by atoms with Gasteiger partial charge in [-0.1, -0.05) is 30.3 Å². The van der Waals surface area contributed by atoms with Crippen molar-refractivity contribution in [2.45, 2.75) is 84.3 Å². The van der Waals surface area contributed by atoms with Crippen LogP contribution < -0.4 is 0 Å². The van der Waals surface area contributed by atoms with Crippen molar-refractivity contribution in [3.05, 3.63) is 35.9 Å². The number of carbonyl (C=O) groups excluding carboxylic acids is 4. The zero-order valence-corrected chi connectivity index (χ0v) is 20.1. The van der Waals surface area contributed by atoms with Crippen molar-refractivity contribution in [1.29, 1.82) is 0 Å². The summed E-state index contributed by atoms with van der Waals surface area (Å²) >= 11 is 0. The molecule has 1 fully saturated rings. The van der Waals surface area contributed by atoms with Crippen molar-refractivity contribution in [3.63, 3.8) is 0 Å². The van der Waals surface area contributed by atoms with Crippen molar-refractivity contribution < 1.29 is 47.6 Å². The van der Waals surface area contributed by atoms with Crippen LogP contribution >= 0.6 is 0 Å². The van der Waals surface area contributed by atoms with Crippen molar-refractivity contribution in [2.24, 2.45) is 0 Å². The minimum atomic E-state index is -1.24. The summed E-state index contributed by atoms with van der Waals surface area (Å²) in [5, 5.41) is 0. The average Bonchev–Trinajstić information content (AvgIpc) is 2.75. The van der Waals surface area contributed by atoms with Crippen LogP contribution in [0.1, 0.15) is 46.6 Å². The third-order valence-electron chi connectivity index (χ3n) is 5.00. The van der Waals surface area contributed by atoms with Crippen molar-refractivity contribution >= 4 is 23.9 Å². The summed E-state index contributed by atoms with van der Waals surface area (Å²) in [5.74, 6) is -2.62. The third kappa shape index (κ3) is 8.75. The molecule has 1 aliphatic rings. The van der Waals surface area contributed by atoms with Gasteiger partial charge < -0.3 is 28.4 Å². The minimum absolute atomic E-state index is 0.296. The van der Waals surface area contributed by atoms with E-state index >= 15 is 0 Å². The number of hydrogen-bond donors (Lipinski definition) is 0. The molecule has 0 radical (unpaired) electrons. The Hall–Kier alpha value is -2.98. The number of aryl methyl sites for hydroxylation is 1. The first-order valence-electron chi connectivity index (χ1n) is 11.1. The van der Waals surface area contributed by atoms with Gasteiger partial charge in [0.15, 0.2) is 24.6 Å². The molecule has 0 saturated carbocycles. The Morgan fingerprint density at radius 3 is 1.94 bits per heavy atom. The summed E-state index contributed by atoms with van der Waals surface area (Å²) < 4.78 is 33.2. The van der Waals surface area contributed by atoms with E-state index < -0.39 is 54.6 Å². The lowest BCUT2D eigenvalue weighted by Gasteiger charge is -2.44. The highest BCUT2D eigenvalue weighted by Crippen LogP contribution is 2.31. The lowest BCUT2D eigenvalue weighted by Crippen LogP contribution is -2.63. The van der Waals surface area contributed by atoms with Crippen molar-refractivity contribution in [1.82, 2.24) is 0 Å². The highest BCUT2D eigenvalue weighted by Gasteiger charge is 2.53. The number of carbonyl (C=O) groups is 4. The summed E-state index contributed by atoms with van der Waals surface area (Å²) in [4.78, 5) is 46.9. The van der Waals surface area contributed by atoms with E-state index in [1.54, 1.807) is 0 Å². The van der Waals surface area contributed by atoms with Crippen LogP contribution in [-0.2, 0) is 54.0 Å². The van der Waals surface area contributed by atoms with E-state index in [0.29, 0.717) is 6.42 Å². The molecule has 188 valence electrons. The lowest BCUT2D eigenvalue weighted by atomic mass is 9.98. The van der Waals surface area contributed by atoms with Crippen LogP contribution in [0, 0.1) is 0 Å². The zero-order chi connectivity index (χ0) is 25.3. The van der Waals surface area contributed by atoms with Crippen LogP contribution in [0.5, 0.6) is 0 Å². The fourth-order valence-corrected chi connectivity index (χ4v) is 3.61. The van der Waals surface area contributed by atoms with Crippen LogP contribution in [0.25, 0.3) is 0 Å². The molecule has 0 N–H and O–H groups in total. The van der Waals surface area contributed by atoms with Crippen LogP contribution in [0.3, 0.4) is 0 Å². The maximum atomic E-state index is 11.9. The Morgan fingerprint density at radius 2 is 1.38 bits per heavy atom. The Labute approximate surface area is 198 Å². The number of esters is 4. The molecule has 1 saturated heterocycles. The molecule has 1 aromatic carbocycles. The molecule has 2 rings (SSSR count). The Balaban J connectivity index is 2.28. The highest BCUT2D eigenvalue weighted by atomic mass is 16.7. The normalized spacial score (nSPS) is 25.0. The number of hydrogen-bond acceptors (Lipinski definition) is 10. The van der Waals surface area contributed by atoms with Gasteiger partial charge in [0.25, 0.3) is 0 Å². The van der Waals surface area contributed by atoms with E-state index in [1.165, 1.54) is 27.7 Å². The molecule has 0 amide bonds. The maximum absolute atomic E-state index is 11.9. The average molecular weight is 481 g/mol. The lowest BCUT2D eigenvalue weighted by molar-refractivity contribution is -0.316. The minimum Gasteiger partial charge on any atom is -0.463 e. The van der Waals surface area contributed by atoms with Crippen LogP contribution in [0.15, 0.2) is 30.3 Å². The molecule has 0 aliphatic carbocycles. The predicted octanol–water partition coefficient (Wildman–Crippen LogP) is 2.11. The fourth-order valence-electron chi connectivity index (χ4n) is 3.61. The van der Waals surface area contributed by atoms with E-state index in [0.717, 1.165) is 12.0 Å². The van der Waals surface area contributed by atoms with Gasteiger partial charge in [-0.3, -0.25) is 19.2 Å². The smallest absolute Gasteiger partial charge is 0.303 e. The summed E-state index contributed by atoms with van der Waals surface area (Å²) in [6.45, 7) is 6.28. The second kappa shape index (κ2) is 13.0. The van der Waals surface area contributed by atoms with E-state index in [1.807, 2.05) is 37.3 Å². The van der Waals surface area contributed by atoms with Gasteiger partial charge in [-0.25, -0.2) is 0 Å². The second-order valence-electron chi connectivity index (χ2n) is 8.04. The third-order valence-corrected chi connectivity index (χ3v) is 5.00. The summed E-state index contributed by atoms with van der Waals surface area (Å²) in [7, 11) is 0. The molecule has 1 unspecified atom stereocenters. The van der Waals surface area contributed by atoms with Crippen LogP contribution in [0.4, 0.5) is 0 Å². The van der Waals surface area contributed by atoms with Gasteiger partial charge in [0.1, 0.15) is 12.7 Å². The molecule has 10 heteroatoms. The molecule has 0 spiro atoms. The van der Waals surface area contributed by atoms with Gasteiger partial charge in [0.05, 0.1) is 6.10 Å². The first-order valence-corrected chi connectivity index (χ1v) is 11.1. The number of benzene rings is 1. The molecular formula is C24H32O10. The molecule has 0 bridgehead atoms. The summed E-state index contributed by atoms with van der Waals surface area (Å²) in [6, 6.07) is 9.82. The maximum Gasteiger partial charge on any atom is 0.303 e. The van der Waals surface area contributed by atoms with E-state index in [-0.39, 0.29) is 12.7 Å². The zero-order valence-electron chi connectivity index (χ0n) is 20.1. The SMILES string of the molecule is CC(=O)OC[C@H]1O[C@@H](OC(C)CCc2ccccc2)[C@H](OC(C)=O)[C@@H](OC(C)=O)[C@@H]1OC(C)=O. The molecular weight excluding hydrogens is 448 g/mol. The van der Waals surface area contributed by atoms with Gasteiger partial charge in [-0.05, 0) is 25.3 Å². The summed E-state index contributed by atoms with van der Waals surface area (Å²) in [6.07, 6.45) is -4.87. The molecule has 1 aromatic rings. The molecule has 1 heterocycles. The van der Waals surface area contributed by atoms with Crippen molar-refractivity contribution in [3.8, 4) is 0 Å². The van der Waals surface area contributed by atoms with Gasteiger partial charge >= 0.3 is 23.9 Å². The predicted molar refractivity (Wildman–Crippen MR) is 117 cm³/mol. The van der Waals surface area contributed by atoms with Gasteiger partial charge in [0, 0.05) is 27.7 Å².